The molecule has 0 atom stereocenters. The van der Waals surface area contributed by atoms with Crippen LogP contribution in [0.5, 0.6) is 0 Å². The van der Waals surface area contributed by atoms with Crippen LogP contribution in [0.15, 0.2) is 12.4 Å². The number of rotatable bonds is 1. The van der Waals surface area contributed by atoms with E-state index in [4.69, 9.17) is 0 Å². The van der Waals surface area contributed by atoms with Gasteiger partial charge in [0.1, 0.15) is 5.82 Å². The van der Waals surface area contributed by atoms with Gasteiger partial charge >= 0.3 is 0 Å². The summed E-state index contributed by atoms with van der Waals surface area (Å²) in [4.78, 5) is 3.72. The highest BCUT2D eigenvalue weighted by Crippen LogP contribution is 2.10. The van der Waals surface area contributed by atoms with E-state index in [-0.39, 0.29) is 5.82 Å². The Morgan fingerprint density at radius 3 is 2.60 bits per heavy atom. The lowest BCUT2D eigenvalue weighted by atomic mass is 10.1. The van der Waals surface area contributed by atoms with Crippen molar-refractivity contribution in [2.24, 2.45) is 0 Å². The molecule has 0 N–H and O–H groups in total. The Morgan fingerprint density at radius 2 is 2.20 bits per heavy atom. The maximum Gasteiger partial charge on any atom is 0.144 e. The molecular weight excluding hydrogens is 129 g/mol. The van der Waals surface area contributed by atoms with E-state index in [2.05, 4.69) is 4.98 Å². The second kappa shape index (κ2) is 2.78. The second-order valence-electron chi connectivity index (χ2n) is 2.27. The first-order chi connectivity index (χ1) is 4.75. The fraction of sp³-hybridized carbons (Fsp3) is 0.375. The molecular formula is C8H10FN. The predicted molar refractivity (Wildman–Crippen MR) is 38.3 cm³/mol. The summed E-state index contributed by atoms with van der Waals surface area (Å²) in [5.41, 5.74) is 1.71. The SMILES string of the molecule is CCc1c(C)cncc1F. The van der Waals surface area contributed by atoms with Gasteiger partial charge in [0, 0.05) is 6.20 Å². The maximum atomic E-state index is 12.8. The third-order valence-corrected chi connectivity index (χ3v) is 1.57. The lowest BCUT2D eigenvalue weighted by Crippen LogP contribution is -1.92. The maximum absolute atomic E-state index is 12.8. The van der Waals surface area contributed by atoms with Crippen LogP contribution in [0.3, 0.4) is 0 Å². The molecule has 1 heterocycles. The number of nitrogens with zero attached hydrogens (tertiary/aromatic N) is 1. The predicted octanol–water partition coefficient (Wildman–Crippen LogP) is 2.09. The zero-order chi connectivity index (χ0) is 7.56. The molecule has 0 bridgehead atoms. The van der Waals surface area contributed by atoms with E-state index < -0.39 is 0 Å². The number of hydrogen-bond donors (Lipinski definition) is 0. The zero-order valence-corrected chi connectivity index (χ0v) is 6.19. The molecule has 0 aliphatic carbocycles. The second-order valence-corrected chi connectivity index (χ2v) is 2.27. The third kappa shape index (κ3) is 1.15. The Kier molecular flexibility index (Phi) is 2.00. The third-order valence-electron chi connectivity index (χ3n) is 1.57. The minimum Gasteiger partial charge on any atom is -0.261 e. The highest BCUT2D eigenvalue weighted by molar-refractivity contribution is 5.22. The molecule has 10 heavy (non-hydrogen) atoms. The van der Waals surface area contributed by atoms with Crippen LogP contribution in [0, 0.1) is 12.7 Å². The summed E-state index contributed by atoms with van der Waals surface area (Å²) in [5, 5.41) is 0. The van der Waals surface area contributed by atoms with E-state index in [1.807, 2.05) is 13.8 Å². The Balaban J connectivity index is 3.17. The average molecular weight is 139 g/mol. The largest absolute Gasteiger partial charge is 0.261 e. The molecule has 0 radical (unpaired) electrons. The van der Waals surface area contributed by atoms with Gasteiger partial charge in [-0.25, -0.2) is 4.39 Å². The van der Waals surface area contributed by atoms with Crippen molar-refractivity contribution in [2.75, 3.05) is 0 Å². The Hall–Kier alpha value is -0.920. The smallest absolute Gasteiger partial charge is 0.144 e. The van der Waals surface area contributed by atoms with E-state index in [9.17, 15) is 4.39 Å². The monoisotopic (exact) mass is 139 g/mol. The molecule has 0 aromatic carbocycles. The minimum atomic E-state index is -0.192. The van der Waals surface area contributed by atoms with Gasteiger partial charge in [-0.05, 0) is 24.5 Å². The number of halogens is 1. The van der Waals surface area contributed by atoms with Gasteiger partial charge in [0.25, 0.3) is 0 Å². The summed E-state index contributed by atoms with van der Waals surface area (Å²) in [6, 6.07) is 0. The van der Waals surface area contributed by atoms with Crippen LogP contribution in [0.1, 0.15) is 18.1 Å². The zero-order valence-electron chi connectivity index (χ0n) is 6.19. The molecule has 1 rings (SSSR count). The summed E-state index contributed by atoms with van der Waals surface area (Å²) < 4.78 is 12.8. The van der Waals surface area contributed by atoms with E-state index >= 15 is 0 Å². The first-order valence-corrected chi connectivity index (χ1v) is 3.34. The molecule has 0 aliphatic rings. The fourth-order valence-corrected chi connectivity index (χ4v) is 1.01. The Labute approximate surface area is 59.9 Å². The summed E-state index contributed by atoms with van der Waals surface area (Å²) in [7, 11) is 0. The normalized spacial score (nSPS) is 9.90. The molecule has 0 unspecified atom stereocenters. The molecule has 0 aliphatic heterocycles. The number of pyridine rings is 1. The van der Waals surface area contributed by atoms with Crippen molar-refractivity contribution in [1.82, 2.24) is 4.98 Å². The van der Waals surface area contributed by atoms with Crippen molar-refractivity contribution < 1.29 is 4.39 Å². The number of aromatic nitrogens is 1. The van der Waals surface area contributed by atoms with Crippen molar-refractivity contribution in [1.29, 1.82) is 0 Å². The van der Waals surface area contributed by atoms with Gasteiger partial charge in [-0.1, -0.05) is 6.92 Å². The van der Waals surface area contributed by atoms with Gasteiger partial charge in [0.15, 0.2) is 0 Å². The van der Waals surface area contributed by atoms with Gasteiger partial charge in [0.2, 0.25) is 0 Å². The summed E-state index contributed by atoms with van der Waals surface area (Å²) in [6.07, 6.45) is 3.67. The summed E-state index contributed by atoms with van der Waals surface area (Å²) in [6.45, 7) is 3.81. The molecule has 1 aromatic rings. The van der Waals surface area contributed by atoms with Crippen LogP contribution in [0.25, 0.3) is 0 Å². The lowest BCUT2D eigenvalue weighted by Gasteiger charge is -2.00. The quantitative estimate of drug-likeness (QED) is 0.580. The van der Waals surface area contributed by atoms with Crippen molar-refractivity contribution in [2.45, 2.75) is 20.3 Å². The van der Waals surface area contributed by atoms with Crippen LogP contribution in [-0.2, 0) is 6.42 Å². The van der Waals surface area contributed by atoms with E-state index in [0.717, 1.165) is 17.5 Å². The Bertz CT molecular complexity index is 212. The molecule has 1 nitrogen and oxygen atoms in total. The topological polar surface area (TPSA) is 12.9 Å². The van der Waals surface area contributed by atoms with Crippen molar-refractivity contribution >= 4 is 0 Å². The molecule has 54 valence electrons. The molecule has 0 amide bonds. The number of aryl methyl sites for hydroxylation is 1. The highest BCUT2D eigenvalue weighted by atomic mass is 19.1. The van der Waals surface area contributed by atoms with Crippen molar-refractivity contribution in [3.63, 3.8) is 0 Å². The van der Waals surface area contributed by atoms with Crippen molar-refractivity contribution in [3.05, 3.63) is 29.3 Å². The van der Waals surface area contributed by atoms with Gasteiger partial charge in [-0.3, -0.25) is 4.98 Å². The van der Waals surface area contributed by atoms with Crippen LogP contribution in [0.4, 0.5) is 4.39 Å². The van der Waals surface area contributed by atoms with Crippen LogP contribution >= 0.6 is 0 Å². The van der Waals surface area contributed by atoms with Gasteiger partial charge in [-0.15, -0.1) is 0 Å². The summed E-state index contributed by atoms with van der Waals surface area (Å²) in [5.74, 6) is -0.192. The lowest BCUT2D eigenvalue weighted by molar-refractivity contribution is 0.603. The van der Waals surface area contributed by atoms with E-state index in [0.29, 0.717) is 0 Å². The molecule has 1 aromatic heterocycles. The fourth-order valence-electron chi connectivity index (χ4n) is 1.01. The highest BCUT2D eigenvalue weighted by Gasteiger charge is 2.01. The van der Waals surface area contributed by atoms with E-state index in [1.54, 1.807) is 6.20 Å². The first-order valence-electron chi connectivity index (χ1n) is 3.34. The van der Waals surface area contributed by atoms with Gasteiger partial charge in [-0.2, -0.15) is 0 Å². The summed E-state index contributed by atoms with van der Waals surface area (Å²) >= 11 is 0. The first kappa shape index (κ1) is 7.19. The van der Waals surface area contributed by atoms with Gasteiger partial charge < -0.3 is 0 Å². The molecule has 0 saturated carbocycles. The Morgan fingerprint density at radius 1 is 1.50 bits per heavy atom. The standard InChI is InChI=1S/C8H10FN/c1-3-7-6(2)4-10-5-8(7)9/h4-5H,3H2,1-2H3. The molecule has 0 fully saturated rings. The van der Waals surface area contributed by atoms with Crippen LogP contribution < -0.4 is 0 Å². The average Bonchev–Trinajstić information content (AvgIpc) is 1.88. The molecule has 2 heteroatoms. The van der Waals surface area contributed by atoms with Crippen LogP contribution in [-0.4, -0.2) is 4.98 Å². The van der Waals surface area contributed by atoms with Gasteiger partial charge in [0.05, 0.1) is 6.20 Å². The van der Waals surface area contributed by atoms with Crippen molar-refractivity contribution in [3.8, 4) is 0 Å². The number of hydrogen-bond acceptors (Lipinski definition) is 1. The van der Waals surface area contributed by atoms with Crippen LogP contribution in [0.2, 0.25) is 0 Å². The minimum absolute atomic E-state index is 0.192. The molecule has 0 spiro atoms. The van der Waals surface area contributed by atoms with E-state index in [1.165, 1.54) is 6.20 Å². The molecule has 0 saturated heterocycles.